The molecular formula is C12H23N. The Labute approximate surface area is 82.3 Å². The second-order valence-corrected chi connectivity index (χ2v) is 5.91. The molecule has 0 bridgehead atoms. The zero-order valence-corrected chi connectivity index (χ0v) is 9.32. The highest BCUT2D eigenvalue weighted by Crippen LogP contribution is 2.55. The average molecular weight is 181 g/mol. The van der Waals surface area contributed by atoms with E-state index >= 15 is 0 Å². The summed E-state index contributed by atoms with van der Waals surface area (Å²) in [5.41, 5.74) is 1.32. The fourth-order valence-electron chi connectivity index (χ4n) is 3.24. The highest BCUT2D eigenvalue weighted by molar-refractivity contribution is 5.00. The molecule has 2 aliphatic rings. The van der Waals surface area contributed by atoms with Crippen molar-refractivity contribution in [3.05, 3.63) is 0 Å². The van der Waals surface area contributed by atoms with Crippen LogP contribution in [0.3, 0.4) is 0 Å². The minimum Gasteiger partial charge on any atom is -0.316 e. The summed E-state index contributed by atoms with van der Waals surface area (Å²) in [6.07, 6.45) is 5.81. The van der Waals surface area contributed by atoms with Gasteiger partial charge in [0.05, 0.1) is 0 Å². The first-order chi connectivity index (χ1) is 6.06. The fraction of sp³-hybridized carbons (Fsp3) is 1.00. The van der Waals surface area contributed by atoms with Gasteiger partial charge in [-0.15, -0.1) is 0 Å². The molecule has 0 radical (unpaired) electrons. The van der Waals surface area contributed by atoms with Gasteiger partial charge in [0.2, 0.25) is 0 Å². The lowest BCUT2D eigenvalue weighted by atomic mass is 9.74. The molecule has 1 N–H and O–H groups in total. The summed E-state index contributed by atoms with van der Waals surface area (Å²) in [6.45, 7) is 9.82. The van der Waals surface area contributed by atoms with E-state index in [-0.39, 0.29) is 0 Å². The first kappa shape index (κ1) is 9.51. The lowest BCUT2D eigenvalue weighted by Crippen LogP contribution is -2.25. The van der Waals surface area contributed by atoms with E-state index in [1.807, 2.05) is 0 Å². The summed E-state index contributed by atoms with van der Waals surface area (Å²) in [4.78, 5) is 0. The van der Waals surface area contributed by atoms with Crippen LogP contribution >= 0.6 is 0 Å². The van der Waals surface area contributed by atoms with E-state index in [1.165, 1.54) is 38.8 Å². The first-order valence-corrected chi connectivity index (χ1v) is 5.77. The van der Waals surface area contributed by atoms with Crippen molar-refractivity contribution in [2.24, 2.45) is 16.7 Å². The molecule has 13 heavy (non-hydrogen) atoms. The van der Waals surface area contributed by atoms with E-state index in [2.05, 4.69) is 26.1 Å². The Balaban J connectivity index is 2.08. The maximum absolute atomic E-state index is 3.53. The predicted molar refractivity (Wildman–Crippen MR) is 56.7 cm³/mol. The molecule has 2 rings (SSSR count). The van der Waals surface area contributed by atoms with Gasteiger partial charge in [-0.2, -0.15) is 0 Å². The smallest absolute Gasteiger partial charge is 0.000850 e. The second kappa shape index (κ2) is 2.98. The van der Waals surface area contributed by atoms with Crippen molar-refractivity contribution in [2.45, 2.75) is 46.5 Å². The standard InChI is InChI=1S/C12H23N/c1-10(2)11(3)4-5-12(8-11)6-7-13-9-12/h10,13H,4-9H2,1-3H3. The molecule has 2 fully saturated rings. The van der Waals surface area contributed by atoms with E-state index in [0.29, 0.717) is 10.8 Å². The summed E-state index contributed by atoms with van der Waals surface area (Å²) in [5, 5.41) is 3.53. The monoisotopic (exact) mass is 181 g/mol. The van der Waals surface area contributed by atoms with Gasteiger partial charge < -0.3 is 5.32 Å². The van der Waals surface area contributed by atoms with Gasteiger partial charge in [-0.3, -0.25) is 0 Å². The van der Waals surface area contributed by atoms with Crippen LogP contribution in [-0.4, -0.2) is 13.1 Å². The summed E-state index contributed by atoms with van der Waals surface area (Å²) in [5.74, 6) is 0.854. The van der Waals surface area contributed by atoms with Gasteiger partial charge in [-0.1, -0.05) is 20.8 Å². The number of hydrogen-bond acceptors (Lipinski definition) is 1. The molecule has 1 aliphatic carbocycles. The molecule has 1 saturated heterocycles. The Morgan fingerprint density at radius 3 is 2.38 bits per heavy atom. The largest absolute Gasteiger partial charge is 0.316 e. The third-order valence-corrected chi connectivity index (χ3v) is 4.73. The molecule has 1 heterocycles. The third-order valence-electron chi connectivity index (χ3n) is 4.73. The van der Waals surface area contributed by atoms with Crippen LogP contribution in [0.15, 0.2) is 0 Å². The van der Waals surface area contributed by atoms with Gasteiger partial charge in [0.15, 0.2) is 0 Å². The Hall–Kier alpha value is -0.0400. The zero-order valence-electron chi connectivity index (χ0n) is 9.32. The average Bonchev–Trinajstić information content (AvgIpc) is 2.62. The molecule has 1 spiro atoms. The third kappa shape index (κ3) is 1.52. The first-order valence-electron chi connectivity index (χ1n) is 5.77. The van der Waals surface area contributed by atoms with Crippen molar-refractivity contribution in [2.75, 3.05) is 13.1 Å². The van der Waals surface area contributed by atoms with Gasteiger partial charge in [0, 0.05) is 6.54 Å². The molecule has 1 saturated carbocycles. The lowest BCUT2D eigenvalue weighted by molar-refractivity contribution is 0.191. The SMILES string of the molecule is CC(C)C1(C)CCC2(CCNC2)C1. The molecule has 0 aromatic rings. The van der Waals surface area contributed by atoms with Crippen molar-refractivity contribution >= 4 is 0 Å². The molecule has 2 unspecified atom stereocenters. The molecule has 1 nitrogen and oxygen atoms in total. The molecule has 1 aliphatic heterocycles. The highest BCUT2D eigenvalue weighted by atomic mass is 14.9. The van der Waals surface area contributed by atoms with Crippen LogP contribution in [-0.2, 0) is 0 Å². The van der Waals surface area contributed by atoms with Gasteiger partial charge >= 0.3 is 0 Å². The van der Waals surface area contributed by atoms with Crippen LogP contribution < -0.4 is 5.32 Å². The quantitative estimate of drug-likeness (QED) is 0.656. The normalized spacial score (nSPS) is 45.2. The van der Waals surface area contributed by atoms with Crippen molar-refractivity contribution in [1.29, 1.82) is 0 Å². The van der Waals surface area contributed by atoms with Crippen LogP contribution in [0.1, 0.15) is 46.5 Å². The molecule has 2 atom stereocenters. The minimum absolute atomic E-state index is 0.631. The summed E-state index contributed by atoms with van der Waals surface area (Å²) >= 11 is 0. The Morgan fingerprint density at radius 1 is 1.15 bits per heavy atom. The molecular weight excluding hydrogens is 158 g/mol. The molecule has 76 valence electrons. The van der Waals surface area contributed by atoms with Crippen molar-refractivity contribution in [3.8, 4) is 0 Å². The van der Waals surface area contributed by atoms with Crippen molar-refractivity contribution < 1.29 is 0 Å². The number of hydrogen-bond donors (Lipinski definition) is 1. The Morgan fingerprint density at radius 2 is 1.92 bits per heavy atom. The van der Waals surface area contributed by atoms with E-state index in [4.69, 9.17) is 0 Å². The molecule has 0 amide bonds. The number of nitrogens with one attached hydrogen (secondary N) is 1. The number of rotatable bonds is 1. The molecule has 0 aromatic carbocycles. The van der Waals surface area contributed by atoms with Crippen LogP contribution in [0.4, 0.5) is 0 Å². The van der Waals surface area contributed by atoms with Crippen molar-refractivity contribution in [3.63, 3.8) is 0 Å². The predicted octanol–water partition coefficient (Wildman–Crippen LogP) is 2.81. The van der Waals surface area contributed by atoms with Gasteiger partial charge in [0.25, 0.3) is 0 Å². The zero-order chi connectivity index (χ0) is 9.53. The maximum atomic E-state index is 3.53. The maximum Gasteiger partial charge on any atom is 0.000850 e. The van der Waals surface area contributed by atoms with E-state index in [0.717, 1.165) is 5.92 Å². The van der Waals surface area contributed by atoms with Crippen LogP contribution in [0, 0.1) is 16.7 Å². The van der Waals surface area contributed by atoms with Gasteiger partial charge in [-0.05, 0) is 49.0 Å². The second-order valence-electron chi connectivity index (χ2n) is 5.91. The van der Waals surface area contributed by atoms with Crippen LogP contribution in [0.5, 0.6) is 0 Å². The van der Waals surface area contributed by atoms with E-state index in [1.54, 1.807) is 0 Å². The highest BCUT2D eigenvalue weighted by Gasteiger charge is 2.47. The molecule has 1 heteroatoms. The Kier molecular flexibility index (Phi) is 2.18. The summed E-state index contributed by atoms with van der Waals surface area (Å²) in [6, 6.07) is 0. The lowest BCUT2D eigenvalue weighted by Gasteiger charge is -2.31. The van der Waals surface area contributed by atoms with Crippen LogP contribution in [0.25, 0.3) is 0 Å². The topological polar surface area (TPSA) is 12.0 Å². The Bertz CT molecular complexity index is 187. The van der Waals surface area contributed by atoms with Crippen molar-refractivity contribution in [1.82, 2.24) is 5.32 Å². The van der Waals surface area contributed by atoms with Gasteiger partial charge in [-0.25, -0.2) is 0 Å². The van der Waals surface area contributed by atoms with E-state index in [9.17, 15) is 0 Å². The summed E-state index contributed by atoms with van der Waals surface area (Å²) in [7, 11) is 0. The van der Waals surface area contributed by atoms with E-state index < -0.39 is 0 Å². The fourth-order valence-corrected chi connectivity index (χ4v) is 3.24. The summed E-state index contributed by atoms with van der Waals surface area (Å²) < 4.78 is 0. The van der Waals surface area contributed by atoms with Crippen LogP contribution in [0.2, 0.25) is 0 Å². The molecule has 0 aromatic heterocycles. The van der Waals surface area contributed by atoms with Gasteiger partial charge in [0.1, 0.15) is 0 Å². The minimum atomic E-state index is 0.631.